The Bertz CT molecular complexity index is 527. The van der Waals surface area contributed by atoms with Crippen LogP contribution in [0.5, 0.6) is 0 Å². The van der Waals surface area contributed by atoms with E-state index in [1.165, 1.54) is 48.5 Å². The van der Waals surface area contributed by atoms with Gasteiger partial charge >= 0.3 is 0 Å². The molecule has 2 heterocycles. The monoisotopic (exact) mass is 286 g/mol. The smallest absolute Gasteiger partial charge is 0.0798 e. The van der Waals surface area contributed by atoms with Crippen molar-refractivity contribution in [3.8, 4) is 0 Å². The minimum Gasteiger partial charge on any atom is -0.298 e. The molecule has 1 saturated heterocycles. The van der Waals surface area contributed by atoms with E-state index in [2.05, 4.69) is 47.1 Å². The fourth-order valence-corrected chi connectivity index (χ4v) is 3.80. The zero-order chi connectivity index (χ0) is 13.8. The van der Waals surface area contributed by atoms with Gasteiger partial charge in [0.2, 0.25) is 0 Å². The van der Waals surface area contributed by atoms with Crippen LogP contribution in [0.1, 0.15) is 29.0 Å². The van der Waals surface area contributed by atoms with Crippen LogP contribution < -0.4 is 0 Å². The molecule has 106 valence electrons. The van der Waals surface area contributed by atoms with Crippen LogP contribution in [0.15, 0.2) is 35.8 Å². The van der Waals surface area contributed by atoms with E-state index >= 15 is 0 Å². The fourth-order valence-electron chi connectivity index (χ4n) is 2.98. The molecular weight excluding hydrogens is 264 g/mol. The highest BCUT2D eigenvalue weighted by Crippen LogP contribution is 2.24. The van der Waals surface area contributed by atoms with E-state index < -0.39 is 0 Å². The van der Waals surface area contributed by atoms with Gasteiger partial charge in [0.1, 0.15) is 0 Å². The number of rotatable bonds is 4. The SMILES string of the molecule is Cc1ncsc1CN1CCC(Cc2ccccc2)CC1. The Hall–Kier alpha value is -1.19. The van der Waals surface area contributed by atoms with Crippen LogP contribution in [0.4, 0.5) is 0 Å². The number of hydrogen-bond acceptors (Lipinski definition) is 3. The summed E-state index contributed by atoms with van der Waals surface area (Å²) in [5.74, 6) is 0.858. The number of aryl methyl sites for hydroxylation is 1. The summed E-state index contributed by atoms with van der Waals surface area (Å²) in [7, 11) is 0. The summed E-state index contributed by atoms with van der Waals surface area (Å²) < 4.78 is 0. The molecule has 1 aliphatic rings. The third kappa shape index (κ3) is 3.47. The van der Waals surface area contributed by atoms with Crippen molar-refractivity contribution in [2.75, 3.05) is 13.1 Å². The van der Waals surface area contributed by atoms with Gasteiger partial charge in [0.05, 0.1) is 11.2 Å². The Morgan fingerprint density at radius 2 is 1.95 bits per heavy atom. The van der Waals surface area contributed by atoms with E-state index in [4.69, 9.17) is 0 Å². The van der Waals surface area contributed by atoms with Gasteiger partial charge in [-0.3, -0.25) is 4.90 Å². The molecule has 0 bridgehead atoms. The number of thiazole rings is 1. The molecule has 2 nitrogen and oxygen atoms in total. The molecule has 1 fully saturated rings. The zero-order valence-electron chi connectivity index (χ0n) is 12.1. The molecule has 1 aliphatic heterocycles. The molecular formula is C17H22N2S. The summed E-state index contributed by atoms with van der Waals surface area (Å²) in [4.78, 5) is 8.37. The third-order valence-electron chi connectivity index (χ3n) is 4.29. The van der Waals surface area contributed by atoms with Gasteiger partial charge < -0.3 is 0 Å². The molecule has 0 unspecified atom stereocenters. The molecule has 1 aromatic carbocycles. The van der Waals surface area contributed by atoms with Gasteiger partial charge in [-0.05, 0) is 50.8 Å². The van der Waals surface area contributed by atoms with Crippen LogP contribution in [-0.2, 0) is 13.0 Å². The minimum absolute atomic E-state index is 0.858. The third-order valence-corrected chi connectivity index (χ3v) is 5.21. The van der Waals surface area contributed by atoms with Gasteiger partial charge in [0.15, 0.2) is 0 Å². The predicted molar refractivity (Wildman–Crippen MR) is 85.0 cm³/mol. The topological polar surface area (TPSA) is 16.1 Å². The molecule has 0 radical (unpaired) electrons. The maximum Gasteiger partial charge on any atom is 0.0798 e. The van der Waals surface area contributed by atoms with Crippen molar-refractivity contribution >= 4 is 11.3 Å². The van der Waals surface area contributed by atoms with Gasteiger partial charge in [0.25, 0.3) is 0 Å². The second-order valence-corrected chi connectivity index (χ2v) is 6.71. The predicted octanol–water partition coefficient (Wildman–Crippen LogP) is 3.91. The van der Waals surface area contributed by atoms with Crippen LogP contribution in [0, 0.1) is 12.8 Å². The molecule has 3 rings (SSSR count). The molecule has 0 atom stereocenters. The highest BCUT2D eigenvalue weighted by atomic mass is 32.1. The van der Waals surface area contributed by atoms with E-state index in [1.54, 1.807) is 11.3 Å². The van der Waals surface area contributed by atoms with E-state index in [0.717, 1.165) is 12.5 Å². The average molecular weight is 286 g/mol. The van der Waals surface area contributed by atoms with Crippen LogP contribution in [-0.4, -0.2) is 23.0 Å². The van der Waals surface area contributed by atoms with Gasteiger partial charge in [0, 0.05) is 11.4 Å². The zero-order valence-corrected chi connectivity index (χ0v) is 12.9. The Morgan fingerprint density at radius 1 is 1.20 bits per heavy atom. The molecule has 20 heavy (non-hydrogen) atoms. The highest BCUT2D eigenvalue weighted by molar-refractivity contribution is 7.09. The van der Waals surface area contributed by atoms with Crippen molar-refractivity contribution in [2.24, 2.45) is 5.92 Å². The van der Waals surface area contributed by atoms with Crippen molar-refractivity contribution < 1.29 is 0 Å². The second kappa shape index (κ2) is 6.51. The average Bonchev–Trinajstić information content (AvgIpc) is 2.88. The van der Waals surface area contributed by atoms with Crippen molar-refractivity contribution in [2.45, 2.75) is 32.7 Å². The maximum atomic E-state index is 4.34. The lowest BCUT2D eigenvalue weighted by Gasteiger charge is -2.31. The first-order valence-corrected chi connectivity index (χ1v) is 8.34. The van der Waals surface area contributed by atoms with Crippen LogP contribution >= 0.6 is 11.3 Å². The summed E-state index contributed by atoms with van der Waals surface area (Å²) in [6.07, 6.45) is 3.90. The number of piperidine rings is 1. The molecule has 2 aromatic rings. The van der Waals surface area contributed by atoms with Crippen LogP contribution in [0.25, 0.3) is 0 Å². The number of aromatic nitrogens is 1. The molecule has 0 aliphatic carbocycles. The van der Waals surface area contributed by atoms with Crippen LogP contribution in [0.2, 0.25) is 0 Å². The van der Waals surface area contributed by atoms with Crippen LogP contribution in [0.3, 0.4) is 0 Å². The summed E-state index contributed by atoms with van der Waals surface area (Å²) in [6, 6.07) is 10.9. The van der Waals surface area contributed by atoms with Gasteiger partial charge in [-0.25, -0.2) is 4.98 Å². The molecule has 0 N–H and O–H groups in total. The molecule has 1 aromatic heterocycles. The quantitative estimate of drug-likeness (QED) is 0.847. The molecule has 0 saturated carbocycles. The normalized spacial score (nSPS) is 17.4. The van der Waals surface area contributed by atoms with Crippen molar-refractivity contribution in [1.29, 1.82) is 0 Å². The van der Waals surface area contributed by atoms with E-state index in [9.17, 15) is 0 Å². The maximum absolute atomic E-state index is 4.34. The molecule has 3 heteroatoms. The standard InChI is InChI=1S/C17H22N2S/c1-14-17(20-13-18-14)12-19-9-7-16(8-10-19)11-15-5-3-2-4-6-15/h2-6,13,16H,7-12H2,1H3. The second-order valence-electron chi connectivity index (χ2n) is 5.77. The Kier molecular flexibility index (Phi) is 4.48. The van der Waals surface area contributed by atoms with Crippen molar-refractivity contribution in [3.63, 3.8) is 0 Å². The van der Waals surface area contributed by atoms with Gasteiger partial charge in [-0.1, -0.05) is 30.3 Å². The first-order chi connectivity index (χ1) is 9.81. The van der Waals surface area contributed by atoms with Gasteiger partial charge in [-0.15, -0.1) is 11.3 Å². The number of hydrogen-bond donors (Lipinski definition) is 0. The summed E-state index contributed by atoms with van der Waals surface area (Å²) in [6.45, 7) is 5.67. The Balaban J connectivity index is 1.49. The lowest BCUT2D eigenvalue weighted by Crippen LogP contribution is -2.33. The Morgan fingerprint density at radius 3 is 2.60 bits per heavy atom. The lowest BCUT2D eigenvalue weighted by molar-refractivity contribution is 0.178. The van der Waals surface area contributed by atoms with Gasteiger partial charge in [-0.2, -0.15) is 0 Å². The van der Waals surface area contributed by atoms with E-state index in [1.807, 2.05) is 5.51 Å². The van der Waals surface area contributed by atoms with E-state index in [0.29, 0.717) is 0 Å². The molecule has 0 spiro atoms. The largest absolute Gasteiger partial charge is 0.298 e. The summed E-state index contributed by atoms with van der Waals surface area (Å²) in [5, 5.41) is 0. The Labute approximate surface area is 125 Å². The summed E-state index contributed by atoms with van der Waals surface area (Å²) in [5.41, 5.74) is 4.66. The van der Waals surface area contributed by atoms with Crippen molar-refractivity contribution in [1.82, 2.24) is 9.88 Å². The summed E-state index contributed by atoms with van der Waals surface area (Å²) >= 11 is 1.79. The van der Waals surface area contributed by atoms with Crippen molar-refractivity contribution in [3.05, 3.63) is 52.0 Å². The first kappa shape index (κ1) is 13.8. The number of likely N-dealkylation sites (tertiary alicyclic amines) is 1. The van der Waals surface area contributed by atoms with E-state index in [-0.39, 0.29) is 0 Å². The fraction of sp³-hybridized carbons (Fsp3) is 0.471. The highest BCUT2D eigenvalue weighted by Gasteiger charge is 2.20. The first-order valence-electron chi connectivity index (χ1n) is 7.46. The molecule has 0 amide bonds. The number of benzene rings is 1. The number of nitrogens with zero attached hydrogens (tertiary/aromatic N) is 2. The minimum atomic E-state index is 0.858. The lowest BCUT2D eigenvalue weighted by atomic mass is 9.90.